The molecule has 0 saturated heterocycles. The highest BCUT2D eigenvalue weighted by atomic mass is 35.5. The van der Waals surface area contributed by atoms with Crippen LogP contribution in [0.2, 0.25) is 0 Å². The van der Waals surface area contributed by atoms with Gasteiger partial charge in [-0.25, -0.2) is 0 Å². The molecule has 0 aromatic heterocycles. The highest BCUT2D eigenvalue weighted by molar-refractivity contribution is 5.85. The maximum absolute atomic E-state index is 11.5. The Morgan fingerprint density at radius 3 is 2.59 bits per heavy atom. The molecule has 3 N–H and O–H groups in total. The van der Waals surface area contributed by atoms with Crippen LogP contribution in [-0.2, 0) is 4.79 Å². The lowest BCUT2D eigenvalue weighted by atomic mass is 9.86. The minimum Gasteiger partial charge on any atom is -0.352 e. The summed E-state index contributed by atoms with van der Waals surface area (Å²) < 4.78 is 0. The van der Waals surface area contributed by atoms with E-state index in [4.69, 9.17) is 5.73 Å². The smallest absolute Gasteiger partial charge is 0.220 e. The molecule has 0 spiro atoms. The van der Waals surface area contributed by atoms with E-state index in [-0.39, 0.29) is 24.4 Å². The first-order valence-electron chi connectivity index (χ1n) is 6.71. The van der Waals surface area contributed by atoms with Crippen molar-refractivity contribution in [2.75, 3.05) is 6.54 Å². The predicted octanol–water partition coefficient (Wildman–Crippen LogP) is 2.62. The number of rotatable bonds is 6. The SMILES string of the molecule is C[C@@H](CN)NC(=O)CCCC1CCCCC1.Cl. The van der Waals surface area contributed by atoms with E-state index in [0.717, 1.165) is 12.3 Å². The number of carbonyl (C=O) groups excluding carboxylic acids is 1. The second-order valence-electron chi connectivity index (χ2n) is 5.10. The maximum Gasteiger partial charge on any atom is 0.220 e. The Morgan fingerprint density at radius 2 is 2.00 bits per heavy atom. The van der Waals surface area contributed by atoms with Crippen LogP contribution in [0.4, 0.5) is 0 Å². The average molecular weight is 263 g/mol. The number of halogens is 1. The molecule has 1 fully saturated rings. The summed E-state index contributed by atoms with van der Waals surface area (Å²) in [5.74, 6) is 1.04. The van der Waals surface area contributed by atoms with Crippen molar-refractivity contribution in [3.8, 4) is 0 Å². The number of amides is 1. The van der Waals surface area contributed by atoms with Crippen LogP contribution in [0.1, 0.15) is 58.3 Å². The van der Waals surface area contributed by atoms with Gasteiger partial charge in [-0.15, -0.1) is 12.4 Å². The largest absolute Gasteiger partial charge is 0.352 e. The molecule has 1 atom stereocenters. The highest BCUT2D eigenvalue weighted by Gasteiger charge is 2.13. The number of nitrogens with one attached hydrogen (secondary N) is 1. The zero-order valence-electron chi connectivity index (χ0n) is 10.9. The maximum atomic E-state index is 11.5. The van der Waals surface area contributed by atoms with Gasteiger partial charge in [0.05, 0.1) is 0 Å². The van der Waals surface area contributed by atoms with E-state index in [1.807, 2.05) is 6.92 Å². The summed E-state index contributed by atoms with van der Waals surface area (Å²) in [7, 11) is 0. The van der Waals surface area contributed by atoms with Crippen LogP contribution in [0.15, 0.2) is 0 Å². The van der Waals surface area contributed by atoms with E-state index >= 15 is 0 Å². The average Bonchev–Trinajstić information content (AvgIpc) is 2.30. The van der Waals surface area contributed by atoms with Crippen LogP contribution in [0.3, 0.4) is 0 Å². The van der Waals surface area contributed by atoms with Crippen LogP contribution < -0.4 is 11.1 Å². The molecule has 1 saturated carbocycles. The van der Waals surface area contributed by atoms with Gasteiger partial charge in [0.1, 0.15) is 0 Å². The van der Waals surface area contributed by atoms with Crippen molar-refractivity contribution in [3.05, 3.63) is 0 Å². The third-order valence-corrected chi connectivity index (χ3v) is 3.50. The molecule has 3 nitrogen and oxygen atoms in total. The molecule has 0 aromatic rings. The van der Waals surface area contributed by atoms with Crippen molar-refractivity contribution in [3.63, 3.8) is 0 Å². The third kappa shape index (κ3) is 7.61. The van der Waals surface area contributed by atoms with Gasteiger partial charge in [0.15, 0.2) is 0 Å². The lowest BCUT2D eigenvalue weighted by Gasteiger charge is -2.21. The molecular formula is C13H27ClN2O. The number of hydrogen-bond acceptors (Lipinski definition) is 2. The van der Waals surface area contributed by atoms with E-state index in [1.165, 1.54) is 38.5 Å². The van der Waals surface area contributed by atoms with Crippen molar-refractivity contribution in [2.45, 2.75) is 64.3 Å². The molecule has 17 heavy (non-hydrogen) atoms. The molecule has 1 aliphatic carbocycles. The van der Waals surface area contributed by atoms with E-state index < -0.39 is 0 Å². The molecule has 1 rings (SSSR count). The van der Waals surface area contributed by atoms with Crippen molar-refractivity contribution < 1.29 is 4.79 Å². The fourth-order valence-electron chi connectivity index (χ4n) is 2.43. The van der Waals surface area contributed by atoms with Crippen molar-refractivity contribution >= 4 is 18.3 Å². The first-order valence-corrected chi connectivity index (χ1v) is 6.71. The normalized spacial score (nSPS) is 18.2. The summed E-state index contributed by atoms with van der Waals surface area (Å²) in [6.07, 6.45) is 9.87. The summed E-state index contributed by atoms with van der Waals surface area (Å²) in [6, 6.07) is 0.113. The van der Waals surface area contributed by atoms with Gasteiger partial charge in [0.25, 0.3) is 0 Å². The summed E-state index contributed by atoms with van der Waals surface area (Å²) >= 11 is 0. The van der Waals surface area contributed by atoms with E-state index in [9.17, 15) is 4.79 Å². The standard InChI is InChI=1S/C13H26N2O.ClH/c1-11(10-14)15-13(16)9-5-8-12-6-3-2-4-7-12;/h11-12H,2-10,14H2,1H3,(H,15,16);1H/t11-;/m0./s1. The van der Waals surface area contributed by atoms with Crippen LogP contribution in [0.25, 0.3) is 0 Å². The van der Waals surface area contributed by atoms with Gasteiger partial charge < -0.3 is 11.1 Å². The van der Waals surface area contributed by atoms with Gasteiger partial charge in [-0.3, -0.25) is 4.79 Å². The zero-order chi connectivity index (χ0) is 11.8. The lowest BCUT2D eigenvalue weighted by molar-refractivity contribution is -0.121. The molecule has 4 heteroatoms. The Kier molecular flexibility index (Phi) is 9.56. The number of nitrogens with two attached hydrogens (primary N) is 1. The number of hydrogen-bond donors (Lipinski definition) is 2. The van der Waals surface area contributed by atoms with Gasteiger partial charge in [-0.2, -0.15) is 0 Å². The molecule has 0 heterocycles. The molecule has 1 aliphatic rings. The lowest BCUT2D eigenvalue weighted by Crippen LogP contribution is -2.37. The Bertz CT molecular complexity index is 206. The van der Waals surface area contributed by atoms with Gasteiger partial charge in [0, 0.05) is 19.0 Å². The first-order chi connectivity index (χ1) is 7.72. The summed E-state index contributed by atoms with van der Waals surface area (Å²) in [4.78, 5) is 11.5. The van der Waals surface area contributed by atoms with Crippen LogP contribution in [-0.4, -0.2) is 18.5 Å². The minimum atomic E-state index is 0. The Balaban J connectivity index is 0.00000256. The minimum absolute atomic E-state index is 0. The Labute approximate surface area is 111 Å². The molecular weight excluding hydrogens is 236 g/mol. The van der Waals surface area contributed by atoms with Crippen molar-refractivity contribution in [1.82, 2.24) is 5.32 Å². The molecule has 1 amide bonds. The highest BCUT2D eigenvalue weighted by Crippen LogP contribution is 2.27. The van der Waals surface area contributed by atoms with Gasteiger partial charge >= 0.3 is 0 Å². The van der Waals surface area contributed by atoms with Crippen LogP contribution >= 0.6 is 12.4 Å². The molecule has 0 bridgehead atoms. The topological polar surface area (TPSA) is 55.1 Å². The molecule has 0 unspecified atom stereocenters. The molecule has 0 aliphatic heterocycles. The third-order valence-electron chi connectivity index (χ3n) is 3.50. The van der Waals surface area contributed by atoms with Crippen LogP contribution in [0.5, 0.6) is 0 Å². The monoisotopic (exact) mass is 262 g/mol. The molecule has 0 aromatic carbocycles. The van der Waals surface area contributed by atoms with Gasteiger partial charge in [0.2, 0.25) is 5.91 Å². The van der Waals surface area contributed by atoms with E-state index in [2.05, 4.69) is 5.32 Å². The summed E-state index contributed by atoms with van der Waals surface area (Å²) in [5, 5.41) is 2.90. The summed E-state index contributed by atoms with van der Waals surface area (Å²) in [6.45, 7) is 2.47. The fourth-order valence-corrected chi connectivity index (χ4v) is 2.43. The fraction of sp³-hybridized carbons (Fsp3) is 0.923. The second-order valence-corrected chi connectivity index (χ2v) is 5.10. The number of carbonyl (C=O) groups is 1. The van der Waals surface area contributed by atoms with E-state index in [0.29, 0.717) is 13.0 Å². The zero-order valence-corrected chi connectivity index (χ0v) is 11.7. The van der Waals surface area contributed by atoms with Crippen molar-refractivity contribution in [1.29, 1.82) is 0 Å². The van der Waals surface area contributed by atoms with E-state index in [1.54, 1.807) is 0 Å². The first kappa shape index (κ1) is 16.7. The summed E-state index contributed by atoms with van der Waals surface area (Å²) in [5.41, 5.74) is 5.45. The molecule has 0 radical (unpaired) electrons. The van der Waals surface area contributed by atoms with Crippen molar-refractivity contribution in [2.24, 2.45) is 11.7 Å². The van der Waals surface area contributed by atoms with Gasteiger partial charge in [-0.05, 0) is 25.7 Å². The Hall–Kier alpha value is -0.280. The van der Waals surface area contributed by atoms with Gasteiger partial charge in [-0.1, -0.05) is 32.1 Å². The second kappa shape index (κ2) is 9.72. The van der Waals surface area contributed by atoms with Crippen LogP contribution in [0, 0.1) is 5.92 Å². The molecule has 102 valence electrons. The quantitative estimate of drug-likeness (QED) is 0.773. The Morgan fingerprint density at radius 1 is 1.35 bits per heavy atom. The predicted molar refractivity (Wildman–Crippen MR) is 74.3 cm³/mol.